The molecule has 0 fully saturated rings. The van der Waals surface area contributed by atoms with Crippen LogP contribution in [0.4, 0.5) is 5.69 Å². The normalized spacial score (nSPS) is 10.3. The number of unbranched alkanes of at least 4 members (excludes halogenated alkanes) is 2. The summed E-state index contributed by atoms with van der Waals surface area (Å²) in [5.41, 5.74) is 7.55. The zero-order chi connectivity index (χ0) is 13.4. The molecule has 0 unspecified atom stereocenters. The van der Waals surface area contributed by atoms with Gasteiger partial charge in [0.2, 0.25) is 0 Å². The molecular formula is C13H19BrN2OS. The summed E-state index contributed by atoms with van der Waals surface area (Å²) in [4.78, 5) is 0.410. The van der Waals surface area contributed by atoms with Crippen LogP contribution in [0.15, 0.2) is 22.7 Å². The van der Waals surface area contributed by atoms with Crippen LogP contribution >= 0.6 is 28.1 Å². The fourth-order valence-corrected chi connectivity index (χ4v) is 2.51. The molecule has 0 amide bonds. The van der Waals surface area contributed by atoms with Crippen LogP contribution in [0.1, 0.15) is 24.8 Å². The highest BCUT2D eigenvalue weighted by Crippen LogP contribution is 2.21. The van der Waals surface area contributed by atoms with E-state index in [2.05, 4.69) is 21.2 Å². The highest BCUT2D eigenvalue weighted by atomic mass is 79.9. The summed E-state index contributed by atoms with van der Waals surface area (Å²) in [7, 11) is 1.74. The second-order valence-corrected chi connectivity index (χ2v) is 5.33. The minimum absolute atomic E-state index is 0.410. The van der Waals surface area contributed by atoms with Crippen LogP contribution in [0, 0.1) is 0 Å². The van der Waals surface area contributed by atoms with Gasteiger partial charge in [-0.3, -0.25) is 0 Å². The number of rotatable bonds is 8. The molecule has 1 rings (SSSR count). The Labute approximate surface area is 122 Å². The monoisotopic (exact) mass is 330 g/mol. The Balaban J connectivity index is 2.35. The molecule has 18 heavy (non-hydrogen) atoms. The number of methoxy groups -OCH3 is 1. The number of thiocarbonyl (C=S) groups is 1. The van der Waals surface area contributed by atoms with Crippen molar-refractivity contribution in [2.75, 3.05) is 25.6 Å². The molecule has 3 N–H and O–H groups in total. The van der Waals surface area contributed by atoms with Gasteiger partial charge in [0.15, 0.2) is 0 Å². The smallest absolute Gasteiger partial charge is 0.105 e. The van der Waals surface area contributed by atoms with E-state index in [1.807, 2.05) is 18.2 Å². The van der Waals surface area contributed by atoms with Crippen LogP contribution in [0.5, 0.6) is 0 Å². The zero-order valence-corrected chi connectivity index (χ0v) is 12.9. The number of halogens is 1. The third-order valence-electron chi connectivity index (χ3n) is 2.59. The van der Waals surface area contributed by atoms with Crippen molar-refractivity contribution in [1.82, 2.24) is 0 Å². The van der Waals surface area contributed by atoms with Crippen molar-refractivity contribution >= 4 is 38.8 Å². The summed E-state index contributed by atoms with van der Waals surface area (Å²) < 4.78 is 5.94. The summed E-state index contributed by atoms with van der Waals surface area (Å²) in [6.07, 6.45) is 3.42. The van der Waals surface area contributed by atoms with Gasteiger partial charge >= 0.3 is 0 Å². The average Bonchev–Trinajstić information content (AvgIpc) is 2.33. The standard InChI is InChI=1S/C13H19BrN2OS/c1-17-8-4-2-3-7-16-10-5-6-11(13(15)18)12(14)9-10/h5-6,9,16H,2-4,7-8H2,1H3,(H2,15,18). The molecule has 5 heteroatoms. The van der Waals surface area contributed by atoms with Gasteiger partial charge in [-0.25, -0.2) is 0 Å². The van der Waals surface area contributed by atoms with E-state index in [4.69, 9.17) is 22.7 Å². The summed E-state index contributed by atoms with van der Waals surface area (Å²) in [5, 5.41) is 3.37. The Bertz CT molecular complexity index is 399. The predicted octanol–water partition coefficient (Wildman–Crippen LogP) is 3.31. The highest BCUT2D eigenvalue weighted by Gasteiger charge is 2.03. The van der Waals surface area contributed by atoms with Gasteiger partial charge in [0.25, 0.3) is 0 Å². The molecule has 0 atom stereocenters. The van der Waals surface area contributed by atoms with E-state index >= 15 is 0 Å². The Morgan fingerprint density at radius 1 is 1.39 bits per heavy atom. The molecule has 0 saturated carbocycles. The number of hydrogen-bond donors (Lipinski definition) is 2. The van der Waals surface area contributed by atoms with E-state index in [-0.39, 0.29) is 0 Å². The molecule has 0 aromatic heterocycles. The fourth-order valence-electron chi connectivity index (χ4n) is 1.61. The molecule has 1 aromatic carbocycles. The van der Waals surface area contributed by atoms with Crippen LogP contribution in [0.3, 0.4) is 0 Å². The first-order valence-corrected chi connectivity index (χ1v) is 7.17. The van der Waals surface area contributed by atoms with Crippen molar-refractivity contribution in [3.63, 3.8) is 0 Å². The van der Waals surface area contributed by atoms with Crippen molar-refractivity contribution in [3.05, 3.63) is 28.2 Å². The van der Waals surface area contributed by atoms with E-state index in [1.165, 1.54) is 6.42 Å². The summed E-state index contributed by atoms with van der Waals surface area (Å²) in [5.74, 6) is 0. The van der Waals surface area contributed by atoms with Crippen LogP contribution in [-0.4, -0.2) is 25.2 Å². The van der Waals surface area contributed by atoms with Gasteiger partial charge in [0.1, 0.15) is 4.99 Å². The third kappa shape index (κ3) is 5.33. The second kappa shape index (κ2) is 8.45. The lowest BCUT2D eigenvalue weighted by atomic mass is 10.2. The molecule has 0 aliphatic rings. The summed E-state index contributed by atoms with van der Waals surface area (Å²) in [6.45, 7) is 1.80. The quantitative estimate of drug-likeness (QED) is 0.567. The Morgan fingerprint density at radius 2 is 2.17 bits per heavy atom. The van der Waals surface area contributed by atoms with E-state index in [1.54, 1.807) is 7.11 Å². The number of benzene rings is 1. The molecule has 0 aliphatic heterocycles. The average molecular weight is 331 g/mol. The lowest BCUT2D eigenvalue weighted by Gasteiger charge is -2.09. The lowest BCUT2D eigenvalue weighted by Crippen LogP contribution is -2.10. The first-order valence-electron chi connectivity index (χ1n) is 5.97. The summed E-state index contributed by atoms with van der Waals surface area (Å²) >= 11 is 8.42. The maximum absolute atomic E-state index is 5.60. The maximum atomic E-state index is 5.60. The Morgan fingerprint density at radius 3 is 2.78 bits per heavy atom. The van der Waals surface area contributed by atoms with E-state index < -0.39 is 0 Å². The lowest BCUT2D eigenvalue weighted by molar-refractivity contribution is 0.192. The molecule has 0 radical (unpaired) electrons. The van der Waals surface area contributed by atoms with E-state index in [0.29, 0.717) is 4.99 Å². The first-order chi connectivity index (χ1) is 8.65. The van der Waals surface area contributed by atoms with Crippen molar-refractivity contribution in [2.24, 2.45) is 5.73 Å². The number of ether oxygens (including phenoxy) is 1. The Hall–Kier alpha value is -0.650. The third-order valence-corrected chi connectivity index (χ3v) is 3.46. The molecule has 0 heterocycles. The van der Waals surface area contributed by atoms with Gasteiger partial charge in [-0.15, -0.1) is 0 Å². The maximum Gasteiger partial charge on any atom is 0.105 e. The predicted molar refractivity (Wildman–Crippen MR) is 84.2 cm³/mol. The van der Waals surface area contributed by atoms with Gasteiger partial charge in [-0.1, -0.05) is 12.2 Å². The molecule has 0 saturated heterocycles. The molecule has 3 nitrogen and oxygen atoms in total. The van der Waals surface area contributed by atoms with Gasteiger partial charge in [0.05, 0.1) is 0 Å². The molecule has 0 aliphatic carbocycles. The van der Waals surface area contributed by atoms with E-state index in [9.17, 15) is 0 Å². The molecule has 0 spiro atoms. The van der Waals surface area contributed by atoms with Crippen LogP contribution in [0.25, 0.3) is 0 Å². The summed E-state index contributed by atoms with van der Waals surface area (Å²) in [6, 6.07) is 5.93. The van der Waals surface area contributed by atoms with Gasteiger partial charge in [-0.2, -0.15) is 0 Å². The van der Waals surface area contributed by atoms with Gasteiger partial charge < -0.3 is 15.8 Å². The molecule has 100 valence electrons. The van der Waals surface area contributed by atoms with Crippen molar-refractivity contribution in [3.8, 4) is 0 Å². The topological polar surface area (TPSA) is 47.3 Å². The van der Waals surface area contributed by atoms with Gasteiger partial charge in [0, 0.05) is 36.0 Å². The molecular weight excluding hydrogens is 312 g/mol. The Kier molecular flexibility index (Phi) is 7.23. The largest absolute Gasteiger partial charge is 0.389 e. The minimum atomic E-state index is 0.410. The second-order valence-electron chi connectivity index (χ2n) is 4.04. The first kappa shape index (κ1) is 15.4. The number of hydrogen-bond acceptors (Lipinski definition) is 3. The SMILES string of the molecule is COCCCCCNc1ccc(C(N)=S)c(Br)c1. The number of nitrogens with one attached hydrogen (secondary N) is 1. The minimum Gasteiger partial charge on any atom is -0.389 e. The van der Waals surface area contributed by atoms with Crippen molar-refractivity contribution in [2.45, 2.75) is 19.3 Å². The van der Waals surface area contributed by atoms with Crippen LogP contribution in [-0.2, 0) is 4.74 Å². The van der Waals surface area contributed by atoms with E-state index in [0.717, 1.165) is 41.7 Å². The van der Waals surface area contributed by atoms with Crippen molar-refractivity contribution < 1.29 is 4.74 Å². The fraction of sp³-hybridized carbons (Fsp3) is 0.462. The number of nitrogens with two attached hydrogens (primary N) is 1. The molecule has 0 bridgehead atoms. The molecule has 1 aromatic rings. The van der Waals surface area contributed by atoms with Crippen molar-refractivity contribution in [1.29, 1.82) is 0 Å². The van der Waals surface area contributed by atoms with Gasteiger partial charge in [-0.05, 0) is 53.4 Å². The highest BCUT2D eigenvalue weighted by molar-refractivity contribution is 9.10. The zero-order valence-electron chi connectivity index (χ0n) is 10.5. The van der Waals surface area contributed by atoms with Crippen LogP contribution < -0.4 is 11.1 Å². The van der Waals surface area contributed by atoms with Crippen LogP contribution in [0.2, 0.25) is 0 Å². The number of anilines is 1.